The Labute approximate surface area is 174 Å². The average Bonchev–Trinajstić information content (AvgIpc) is 3.05. The van der Waals surface area contributed by atoms with Crippen molar-refractivity contribution in [1.82, 2.24) is 0 Å². The van der Waals surface area contributed by atoms with Gasteiger partial charge in [0.15, 0.2) is 5.78 Å². The summed E-state index contributed by atoms with van der Waals surface area (Å²) in [4.78, 5) is 24.3. The molecule has 160 valence electrons. The predicted octanol–water partition coefficient (Wildman–Crippen LogP) is 5.94. The van der Waals surface area contributed by atoms with Crippen molar-refractivity contribution >= 4 is 11.8 Å². The minimum atomic E-state index is -0.787. The number of halogens is 1. The Bertz CT molecular complexity index is 781. The van der Waals surface area contributed by atoms with Crippen LogP contribution in [0.3, 0.4) is 0 Å². The molecule has 3 fully saturated rings. The standard InChI is InChI=1S/C25H35FO3/c1-5-15-13-17-18-7-8-20(22(26)23(28)29-6-2)24(18,3)12-10-19(17)25(4)11-9-16(27)14-21(15)25/h14-15,17-19H,5-13H2,1-4H3/t15?,17-,18-,19-,24-,25+/m0/s1. The Hall–Kier alpha value is -1.45. The molecule has 0 spiro atoms. The molecule has 0 aromatic heterocycles. The molecule has 0 aromatic rings. The molecule has 4 aliphatic carbocycles. The fourth-order valence-corrected chi connectivity index (χ4v) is 7.66. The highest BCUT2D eigenvalue weighted by Gasteiger charge is 2.59. The molecule has 1 unspecified atom stereocenters. The molecule has 0 N–H and O–H groups in total. The van der Waals surface area contributed by atoms with Gasteiger partial charge in [-0.3, -0.25) is 4.79 Å². The van der Waals surface area contributed by atoms with Crippen LogP contribution in [0.15, 0.2) is 23.0 Å². The number of rotatable bonds is 3. The minimum absolute atomic E-state index is 0.102. The molecule has 0 heterocycles. The minimum Gasteiger partial charge on any atom is -0.461 e. The summed E-state index contributed by atoms with van der Waals surface area (Å²) in [5.74, 6) is 0.849. The van der Waals surface area contributed by atoms with Gasteiger partial charge in [0.1, 0.15) is 0 Å². The zero-order chi connectivity index (χ0) is 21.0. The van der Waals surface area contributed by atoms with E-state index in [1.807, 2.05) is 6.08 Å². The van der Waals surface area contributed by atoms with E-state index in [4.69, 9.17) is 4.74 Å². The van der Waals surface area contributed by atoms with Gasteiger partial charge in [0.05, 0.1) is 6.61 Å². The molecule has 0 saturated heterocycles. The Kier molecular flexibility index (Phi) is 5.28. The molecular weight excluding hydrogens is 367 g/mol. The predicted molar refractivity (Wildman–Crippen MR) is 111 cm³/mol. The number of carbonyl (C=O) groups excluding carboxylic acids is 2. The monoisotopic (exact) mass is 402 g/mol. The largest absolute Gasteiger partial charge is 0.461 e. The summed E-state index contributed by atoms with van der Waals surface area (Å²) in [5, 5.41) is 0. The molecule has 3 saturated carbocycles. The highest BCUT2D eigenvalue weighted by atomic mass is 19.1. The van der Waals surface area contributed by atoms with E-state index in [9.17, 15) is 9.59 Å². The van der Waals surface area contributed by atoms with E-state index in [1.54, 1.807) is 6.92 Å². The Morgan fingerprint density at radius 2 is 1.86 bits per heavy atom. The Morgan fingerprint density at radius 1 is 1.14 bits per heavy atom. The second-order valence-electron chi connectivity index (χ2n) is 10.2. The maximum absolute atomic E-state index is 15.0. The fraction of sp³-hybridized carbons (Fsp3) is 0.760. The maximum Gasteiger partial charge on any atom is 0.367 e. The molecule has 4 aliphatic rings. The first-order chi connectivity index (χ1) is 13.8. The SMILES string of the molecule is CCOC(=O)C(F)=C1CC[C@H]2[C@@H]3CC(CC)C4=CC(=O)CC[C@]4(C)[C@H]3CC[C@]12C. The number of ketones is 1. The highest BCUT2D eigenvalue weighted by molar-refractivity contribution is 5.91. The zero-order valence-electron chi connectivity index (χ0n) is 18.4. The molecule has 29 heavy (non-hydrogen) atoms. The van der Waals surface area contributed by atoms with Gasteiger partial charge in [0.25, 0.3) is 0 Å². The van der Waals surface area contributed by atoms with Crippen molar-refractivity contribution in [3.8, 4) is 0 Å². The number of hydrogen-bond donors (Lipinski definition) is 0. The molecule has 4 rings (SSSR count). The molecular formula is C25H35FO3. The van der Waals surface area contributed by atoms with E-state index in [-0.39, 0.29) is 23.2 Å². The van der Waals surface area contributed by atoms with Gasteiger partial charge >= 0.3 is 5.97 Å². The van der Waals surface area contributed by atoms with Crippen molar-refractivity contribution in [3.05, 3.63) is 23.0 Å². The van der Waals surface area contributed by atoms with Gasteiger partial charge in [-0.25, -0.2) is 4.79 Å². The Morgan fingerprint density at radius 3 is 2.55 bits per heavy atom. The van der Waals surface area contributed by atoms with Crippen LogP contribution in [0.5, 0.6) is 0 Å². The fourth-order valence-electron chi connectivity index (χ4n) is 7.66. The van der Waals surface area contributed by atoms with Gasteiger partial charge in [-0.2, -0.15) is 4.39 Å². The third kappa shape index (κ3) is 3.04. The van der Waals surface area contributed by atoms with Crippen LogP contribution in [-0.4, -0.2) is 18.4 Å². The van der Waals surface area contributed by atoms with E-state index in [1.165, 1.54) is 5.57 Å². The second kappa shape index (κ2) is 7.35. The normalized spacial score (nSPS) is 43.1. The van der Waals surface area contributed by atoms with Gasteiger partial charge in [-0.05, 0) is 98.0 Å². The summed E-state index contributed by atoms with van der Waals surface area (Å²) in [6, 6.07) is 0. The van der Waals surface area contributed by atoms with Crippen LogP contribution in [0.2, 0.25) is 0 Å². The molecule has 3 nitrogen and oxygen atoms in total. The topological polar surface area (TPSA) is 43.4 Å². The first-order valence-electron chi connectivity index (χ1n) is 11.6. The number of esters is 1. The number of carbonyl (C=O) groups is 2. The van der Waals surface area contributed by atoms with E-state index in [0.29, 0.717) is 42.1 Å². The number of ether oxygens (including phenoxy) is 1. The molecule has 0 bridgehead atoms. The quantitative estimate of drug-likeness (QED) is 0.433. The lowest BCUT2D eigenvalue weighted by atomic mass is 9.45. The van der Waals surface area contributed by atoms with Gasteiger partial charge in [-0.15, -0.1) is 0 Å². The van der Waals surface area contributed by atoms with E-state index < -0.39 is 11.8 Å². The highest BCUT2D eigenvalue weighted by Crippen LogP contribution is 2.68. The summed E-state index contributed by atoms with van der Waals surface area (Å²) >= 11 is 0. The molecule has 0 aliphatic heterocycles. The van der Waals surface area contributed by atoms with Crippen LogP contribution in [-0.2, 0) is 14.3 Å². The molecule has 0 aromatic carbocycles. The maximum atomic E-state index is 15.0. The van der Waals surface area contributed by atoms with Crippen molar-refractivity contribution in [2.45, 2.75) is 79.1 Å². The Balaban J connectivity index is 1.70. The van der Waals surface area contributed by atoms with Gasteiger partial charge in [-0.1, -0.05) is 26.3 Å². The third-order valence-electron chi connectivity index (χ3n) is 9.12. The van der Waals surface area contributed by atoms with E-state index in [0.717, 1.165) is 38.5 Å². The van der Waals surface area contributed by atoms with Gasteiger partial charge in [0.2, 0.25) is 5.83 Å². The van der Waals surface area contributed by atoms with Crippen LogP contribution in [0, 0.1) is 34.5 Å². The number of fused-ring (bicyclic) bond motifs is 5. The number of hydrogen-bond acceptors (Lipinski definition) is 3. The van der Waals surface area contributed by atoms with Crippen molar-refractivity contribution in [1.29, 1.82) is 0 Å². The zero-order valence-corrected chi connectivity index (χ0v) is 18.4. The molecule has 6 atom stereocenters. The summed E-state index contributed by atoms with van der Waals surface area (Å²) in [6.07, 6.45) is 9.36. The number of allylic oxidation sites excluding steroid dienone is 2. The van der Waals surface area contributed by atoms with E-state index in [2.05, 4.69) is 20.8 Å². The van der Waals surface area contributed by atoms with Crippen LogP contribution in [0.1, 0.15) is 79.1 Å². The first-order valence-corrected chi connectivity index (χ1v) is 11.6. The third-order valence-corrected chi connectivity index (χ3v) is 9.12. The van der Waals surface area contributed by atoms with Crippen LogP contribution in [0.4, 0.5) is 4.39 Å². The summed E-state index contributed by atoms with van der Waals surface area (Å²) in [5.41, 5.74) is 1.97. The second-order valence-corrected chi connectivity index (χ2v) is 10.2. The van der Waals surface area contributed by atoms with Gasteiger partial charge < -0.3 is 4.74 Å². The van der Waals surface area contributed by atoms with Crippen molar-refractivity contribution < 1.29 is 18.7 Å². The smallest absolute Gasteiger partial charge is 0.367 e. The lowest BCUT2D eigenvalue weighted by Gasteiger charge is -2.59. The van der Waals surface area contributed by atoms with Crippen LogP contribution in [0.25, 0.3) is 0 Å². The first kappa shape index (κ1) is 20.8. The lowest BCUT2D eigenvalue weighted by molar-refractivity contribution is -0.140. The van der Waals surface area contributed by atoms with Gasteiger partial charge in [0, 0.05) is 6.42 Å². The van der Waals surface area contributed by atoms with E-state index >= 15 is 4.39 Å². The molecule has 0 amide bonds. The van der Waals surface area contributed by atoms with Crippen molar-refractivity contribution in [2.75, 3.05) is 6.61 Å². The average molecular weight is 403 g/mol. The van der Waals surface area contributed by atoms with Crippen LogP contribution < -0.4 is 0 Å². The van der Waals surface area contributed by atoms with Crippen molar-refractivity contribution in [3.63, 3.8) is 0 Å². The molecule has 4 heteroatoms. The van der Waals surface area contributed by atoms with Crippen molar-refractivity contribution in [2.24, 2.45) is 34.5 Å². The lowest BCUT2D eigenvalue weighted by Crippen LogP contribution is -2.52. The summed E-state index contributed by atoms with van der Waals surface area (Å²) in [7, 11) is 0. The molecule has 0 radical (unpaired) electrons. The summed E-state index contributed by atoms with van der Waals surface area (Å²) < 4.78 is 20.0. The van der Waals surface area contributed by atoms with Crippen LogP contribution >= 0.6 is 0 Å². The summed E-state index contributed by atoms with van der Waals surface area (Å²) in [6.45, 7) is 8.72.